The summed E-state index contributed by atoms with van der Waals surface area (Å²) < 4.78 is 16.5. The fraction of sp³-hybridized carbons (Fsp3) is 0.455. The molecule has 0 saturated carbocycles. The van der Waals surface area contributed by atoms with Gasteiger partial charge in [-0.25, -0.2) is 0 Å². The van der Waals surface area contributed by atoms with Crippen molar-refractivity contribution in [2.24, 2.45) is 0 Å². The molecule has 0 bridgehead atoms. The van der Waals surface area contributed by atoms with Gasteiger partial charge in [0, 0.05) is 0 Å². The van der Waals surface area contributed by atoms with E-state index in [1.54, 1.807) is 21.3 Å². The number of hydrogen-bond donors (Lipinski definition) is 0. The predicted molar refractivity (Wildman–Crippen MR) is 160 cm³/mol. The number of benzene rings is 3. The zero-order valence-electron chi connectivity index (χ0n) is 23.5. The summed E-state index contributed by atoms with van der Waals surface area (Å²) in [6.07, 6.45) is 13.3. The first-order valence-corrected chi connectivity index (χ1v) is 14.3. The molecule has 0 aromatic heterocycles. The van der Waals surface area contributed by atoms with E-state index in [2.05, 4.69) is 79.7 Å². The Hall–Kier alpha value is -2.88. The number of rotatable bonds is 17. The van der Waals surface area contributed by atoms with E-state index in [0.29, 0.717) is 0 Å². The van der Waals surface area contributed by atoms with Crippen LogP contribution < -0.4 is 30.6 Å². The van der Waals surface area contributed by atoms with Gasteiger partial charge in [0.2, 0.25) is 0 Å². The van der Waals surface area contributed by atoms with Crippen LogP contribution in [0.15, 0.2) is 72.8 Å². The first-order valence-electron chi connectivity index (χ1n) is 14.3. The Morgan fingerprint density at radius 3 is 1.03 bits per heavy atom. The molecule has 0 amide bonds. The van der Waals surface area contributed by atoms with Crippen molar-refractivity contribution in [2.75, 3.05) is 21.3 Å². The van der Waals surface area contributed by atoms with E-state index >= 15 is 0 Å². The van der Waals surface area contributed by atoms with Crippen LogP contribution >= 0.6 is 0 Å². The van der Waals surface area contributed by atoms with Gasteiger partial charge in [0.15, 0.2) is 0 Å². The van der Waals surface area contributed by atoms with E-state index in [4.69, 9.17) is 14.2 Å². The first-order chi connectivity index (χ1) is 18.2. The van der Waals surface area contributed by atoms with Gasteiger partial charge in [-0.1, -0.05) is 108 Å². The van der Waals surface area contributed by atoms with E-state index in [1.807, 2.05) is 0 Å². The van der Waals surface area contributed by atoms with Crippen LogP contribution in [0.3, 0.4) is 0 Å². The third kappa shape index (κ3) is 7.80. The van der Waals surface area contributed by atoms with Crippen molar-refractivity contribution in [1.29, 1.82) is 0 Å². The lowest BCUT2D eigenvalue weighted by Gasteiger charge is -2.43. The van der Waals surface area contributed by atoms with Crippen molar-refractivity contribution in [3.05, 3.63) is 72.8 Å². The zero-order valence-corrected chi connectivity index (χ0v) is 23.5. The molecule has 3 rings (SSSR count). The fourth-order valence-corrected chi connectivity index (χ4v) is 5.81. The second kappa shape index (κ2) is 15.4. The summed E-state index contributed by atoms with van der Waals surface area (Å²) in [4.78, 5) is 0. The van der Waals surface area contributed by atoms with Crippen LogP contribution in [0.25, 0.3) is 0 Å². The summed E-state index contributed by atoms with van der Waals surface area (Å²) in [7, 11) is 5.18. The average molecular weight is 502 g/mol. The van der Waals surface area contributed by atoms with Gasteiger partial charge in [0.05, 0.1) is 27.5 Å². The molecule has 3 aromatic carbocycles. The van der Waals surface area contributed by atoms with Gasteiger partial charge in [0.25, 0.3) is 0 Å². The standard InChI is InChI=1S/C33H46BO3/c1-5-6-7-8-9-10-11-12-13-14-27-34(28-15-21-31(35-2)22-16-28,29-17-23-32(36-3)24-18-29)30-19-25-33(37-4)26-20-30/h15-26H,5-14,27H2,1-4H3/q-1. The van der Waals surface area contributed by atoms with Crippen LogP contribution in [-0.4, -0.2) is 27.5 Å². The topological polar surface area (TPSA) is 27.7 Å². The Morgan fingerprint density at radius 2 is 0.730 bits per heavy atom. The SMILES string of the molecule is CCCCCCCCCCCC[B-](c1ccc(OC)cc1)(c1ccc(OC)cc1)c1ccc(OC)cc1. The molecular weight excluding hydrogens is 455 g/mol. The summed E-state index contributed by atoms with van der Waals surface area (Å²) in [5.41, 5.74) is 4.02. The van der Waals surface area contributed by atoms with Gasteiger partial charge in [-0.05, 0) is 36.4 Å². The van der Waals surface area contributed by atoms with Gasteiger partial charge in [-0.2, -0.15) is 22.7 Å². The molecule has 0 aliphatic carbocycles. The molecule has 3 aromatic rings. The highest BCUT2D eigenvalue weighted by Gasteiger charge is 2.29. The van der Waals surface area contributed by atoms with Crippen molar-refractivity contribution in [3.8, 4) is 17.2 Å². The number of ether oxygens (including phenoxy) is 3. The van der Waals surface area contributed by atoms with E-state index in [1.165, 1.54) is 80.6 Å². The van der Waals surface area contributed by atoms with Crippen LogP contribution in [0.4, 0.5) is 0 Å². The molecule has 0 aliphatic rings. The van der Waals surface area contributed by atoms with Gasteiger partial charge in [0.1, 0.15) is 17.2 Å². The molecule has 0 radical (unpaired) electrons. The molecule has 4 heteroatoms. The van der Waals surface area contributed by atoms with Crippen molar-refractivity contribution in [3.63, 3.8) is 0 Å². The lowest BCUT2D eigenvalue weighted by atomic mass is 9.14. The quantitative estimate of drug-likeness (QED) is 0.146. The molecule has 37 heavy (non-hydrogen) atoms. The first kappa shape index (κ1) is 28.7. The third-order valence-electron chi connectivity index (χ3n) is 8.05. The second-order valence-electron chi connectivity index (χ2n) is 10.3. The minimum absolute atomic E-state index is 0.886. The minimum Gasteiger partial charge on any atom is -0.497 e. The number of hydrogen-bond acceptors (Lipinski definition) is 3. The van der Waals surface area contributed by atoms with Gasteiger partial charge >= 0.3 is 0 Å². The molecule has 200 valence electrons. The maximum Gasteiger partial charge on any atom is 0.118 e. The molecule has 3 nitrogen and oxygen atoms in total. The van der Waals surface area contributed by atoms with E-state index in [9.17, 15) is 0 Å². The molecule has 0 aliphatic heterocycles. The fourth-order valence-electron chi connectivity index (χ4n) is 5.81. The van der Waals surface area contributed by atoms with Crippen LogP contribution in [0.1, 0.15) is 71.1 Å². The predicted octanol–water partition coefficient (Wildman–Crippen LogP) is 7.10. The molecule has 0 heterocycles. The number of unbranched alkanes of at least 4 members (excludes halogenated alkanes) is 9. The zero-order chi connectivity index (χ0) is 26.3. The Kier molecular flexibility index (Phi) is 11.9. The molecule has 0 atom stereocenters. The highest BCUT2D eigenvalue weighted by Crippen LogP contribution is 2.22. The molecule has 0 N–H and O–H groups in total. The maximum atomic E-state index is 5.49. The van der Waals surface area contributed by atoms with Crippen LogP contribution in [0.2, 0.25) is 6.32 Å². The minimum atomic E-state index is -1.18. The van der Waals surface area contributed by atoms with E-state index in [0.717, 1.165) is 23.6 Å². The molecule has 0 spiro atoms. The van der Waals surface area contributed by atoms with Crippen molar-refractivity contribution >= 4 is 22.5 Å². The lowest BCUT2D eigenvalue weighted by molar-refractivity contribution is 0.415. The summed E-state index contributed by atoms with van der Waals surface area (Å²) in [5, 5.41) is 0. The Bertz CT molecular complexity index is 897. The second-order valence-corrected chi connectivity index (χ2v) is 10.3. The van der Waals surface area contributed by atoms with E-state index in [-0.39, 0.29) is 0 Å². The number of methoxy groups -OCH3 is 3. The highest BCUT2D eigenvalue weighted by atomic mass is 16.5. The third-order valence-corrected chi connectivity index (χ3v) is 8.05. The Morgan fingerprint density at radius 1 is 0.432 bits per heavy atom. The van der Waals surface area contributed by atoms with E-state index < -0.39 is 6.15 Å². The normalized spacial score (nSPS) is 11.4. The monoisotopic (exact) mass is 501 g/mol. The summed E-state index contributed by atoms with van der Waals surface area (Å²) >= 11 is 0. The molecule has 0 unspecified atom stereocenters. The average Bonchev–Trinajstić information content (AvgIpc) is 2.96. The Balaban J connectivity index is 1.86. The van der Waals surface area contributed by atoms with Gasteiger partial charge < -0.3 is 14.2 Å². The highest BCUT2D eigenvalue weighted by molar-refractivity contribution is 7.11. The largest absolute Gasteiger partial charge is 0.497 e. The van der Waals surface area contributed by atoms with Crippen molar-refractivity contribution in [1.82, 2.24) is 0 Å². The van der Waals surface area contributed by atoms with Crippen molar-refractivity contribution < 1.29 is 14.2 Å². The summed E-state index contributed by atoms with van der Waals surface area (Å²) in [5.74, 6) is 2.66. The van der Waals surface area contributed by atoms with Crippen LogP contribution in [0, 0.1) is 0 Å². The van der Waals surface area contributed by atoms with Gasteiger partial charge in [-0.15, -0.1) is 0 Å². The lowest BCUT2D eigenvalue weighted by Crippen LogP contribution is -2.66. The van der Waals surface area contributed by atoms with Crippen molar-refractivity contribution in [2.45, 2.75) is 77.5 Å². The van der Waals surface area contributed by atoms with Gasteiger partial charge in [-0.3, -0.25) is 0 Å². The summed E-state index contributed by atoms with van der Waals surface area (Å²) in [6.45, 7) is 2.28. The van der Waals surface area contributed by atoms with Crippen LogP contribution in [-0.2, 0) is 0 Å². The van der Waals surface area contributed by atoms with Crippen LogP contribution in [0.5, 0.6) is 17.2 Å². The maximum absolute atomic E-state index is 5.49. The molecular formula is C33H46BO3-. The Labute approximate surface area is 225 Å². The molecule has 0 saturated heterocycles. The molecule has 0 fully saturated rings. The smallest absolute Gasteiger partial charge is 0.118 e. The summed E-state index contributed by atoms with van der Waals surface area (Å²) in [6, 6.07) is 26.1.